The number of fused-ring (bicyclic) bond motifs is 5. The van der Waals surface area contributed by atoms with Gasteiger partial charge in [0, 0.05) is 6.42 Å². The van der Waals surface area contributed by atoms with Gasteiger partial charge in [0.2, 0.25) is 0 Å². The molecule has 0 aromatic heterocycles. The number of aliphatic hydroxyl groups excluding tert-OH is 1. The molecule has 0 aromatic carbocycles. The van der Waals surface area contributed by atoms with Gasteiger partial charge < -0.3 is 14.9 Å². The highest BCUT2D eigenvalue weighted by Gasteiger charge is 2.61. The Morgan fingerprint density at radius 3 is 2.47 bits per heavy atom. The number of hydrogen-bond acceptors (Lipinski definition) is 4. The second-order valence-electron chi connectivity index (χ2n) is 13.7. The standard InChI is InChI=1S/C31H50O5/c1-19(2)7-6-8-20(3)23-9-10-24-29-25(14-16-31(23,24)5)30(4)15-13-22(17-21(30)18-26(29)32)36-28(35)12-11-27(33)34/h18-20,22-26,29,32H,6-17H2,1-5H3,(H,33,34)/t20-,22?,23-,24?,25?,26?,29?,30+,31-/m1/s1. The van der Waals surface area contributed by atoms with Crippen molar-refractivity contribution in [3.8, 4) is 0 Å². The largest absolute Gasteiger partial charge is 0.481 e. The average Bonchev–Trinajstić information content (AvgIpc) is 3.15. The van der Waals surface area contributed by atoms with E-state index >= 15 is 0 Å². The molecule has 9 atom stereocenters. The van der Waals surface area contributed by atoms with Gasteiger partial charge in [0.25, 0.3) is 0 Å². The first-order valence-corrected chi connectivity index (χ1v) is 14.8. The zero-order chi connectivity index (χ0) is 26.3. The lowest BCUT2D eigenvalue weighted by Crippen LogP contribution is -2.55. The van der Waals surface area contributed by atoms with Crippen LogP contribution in [0.5, 0.6) is 0 Å². The van der Waals surface area contributed by atoms with Crippen LogP contribution in [0.1, 0.15) is 112 Å². The van der Waals surface area contributed by atoms with Crippen molar-refractivity contribution in [3.05, 3.63) is 11.6 Å². The van der Waals surface area contributed by atoms with Crippen LogP contribution in [0.2, 0.25) is 0 Å². The summed E-state index contributed by atoms with van der Waals surface area (Å²) in [7, 11) is 0. The Balaban J connectivity index is 1.45. The summed E-state index contributed by atoms with van der Waals surface area (Å²) in [5, 5.41) is 20.3. The highest BCUT2D eigenvalue weighted by atomic mass is 16.5. The molecule has 4 aliphatic carbocycles. The van der Waals surface area contributed by atoms with E-state index in [2.05, 4.69) is 40.7 Å². The Kier molecular flexibility index (Phi) is 8.29. The van der Waals surface area contributed by atoms with Gasteiger partial charge in [0.1, 0.15) is 6.10 Å². The third-order valence-corrected chi connectivity index (χ3v) is 11.1. The highest BCUT2D eigenvalue weighted by molar-refractivity contribution is 5.76. The van der Waals surface area contributed by atoms with E-state index in [1.165, 1.54) is 50.5 Å². The van der Waals surface area contributed by atoms with Crippen LogP contribution in [0.3, 0.4) is 0 Å². The van der Waals surface area contributed by atoms with Crippen molar-refractivity contribution < 1.29 is 24.5 Å². The first-order chi connectivity index (χ1) is 17.0. The Labute approximate surface area is 218 Å². The molecule has 0 amide bonds. The predicted molar refractivity (Wildman–Crippen MR) is 141 cm³/mol. The number of carboxylic acid groups (broad SMARTS) is 1. The van der Waals surface area contributed by atoms with Gasteiger partial charge >= 0.3 is 11.9 Å². The molecule has 5 nitrogen and oxygen atoms in total. The van der Waals surface area contributed by atoms with Gasteiger partial charge in [0.05, 0.1) is 18.9 Å². The molecule has 5 heteroatoms. The summed E-state index contributed by atoms with van der Waals surface area (Å²) in [6.07, 6.45) is 12.7. The Morgan fingerprint density at radius 2 is 1.78 bits per heavy atom. The number of hydrogen-bond donors (Lipinski definition) is 2. The van der Waals surface area contributed by atoms with E-state index < -0.39 is 18.0 Å². The molecule has 0 bridgehead atoms. The number of carboxylic acids is 1. The lowest BCUT2D eigenvalue weighted by atomic mass is 9.46. The summed E-state index contributed by atoms with van der Waals surface area (Å²) >= 11 is 0. The molecular formula is C31H50O5. The van der Waals surface area contributed by atoms with Gasteiger partial charge in [-0.15, -0.1) is 0 Å². The SMILES string of the molecule is CC(C)CCC[C@@H](C)[C@H]1CCC2C3C(O)C=C4CC(OC(=O)CCC(=O)O)CC[C@]4(C)C3CC[C@@]21C. The molecule has 36 heavy (non-hydrogen) atoms. The van der Waals surface area contributed by atoms with Crippen LogP contribution in [0.15, 0.2) is 11.6 Å². The van der Waals surface area contributed by atoms with E-state index in [1.54, 1.807) is 0 Å². The van der Waals surface area contributed by atoms with Gasteiger partial charge in [-0.05, 0) is 84.9 Å². The van der Waals surface area contributed by atoms with Crippen molar-refractivity contribution in [3.63, 3.8) is 0 Å². The molecular weight excluding hydrogens is 452 g/mol. The van der Waals surface area contributed by atoms with Crippen LogP contribution in [0.4, 0.5) is 0 Å². The maximum Gasteiger partial charge on any atom is 0.306 e. The van der Waals surface area contributed by atoms with Gasteiger partial charge in [-0.2, -0.15) is 0 Å². The molecule has 5 unspecified atom stereocenters. The summed E-state index contributed by atoms with van der Waals surface area (Å²) in [5.74, 6) is 2.31. The number of ether oxygens (including phenoxy) is 1. The minimum atomic E-state index is -0.976. The summed E-state index contributed by atoms with van der Waals surface area (Å²) in [5.41, 5.74) is 1.66. The first-order valence-electron chi connectivity index (χ1n) is 14.8. The zero-order valence-electron chi connectivity index (χ0n) is 23.3. The predicted octanol–water partition coefficient (Wildman–Crippen LogP) is 6.78. The van der Waals surface area contributed by atoms with Gasteiger partial charge in [0.15, 0.2) is 0 Å². The Bertz CT molecular complexity index is 848. The van der Waals surface area contributed by atoms with Crippen LogP contribution in [-0.2, 0) is 14.3 Å². The minimum Gasteiger partial charge on any atom is -0.481 e. The maximum absolute atomic E-state index is 12.1. The van der Waals surface area contributed by atoms with Gasteiger partial charge in [-0.1, -0.05) is 65.5 Å². The smallest absolute Gasteiger partial charge is 0.306 e. The topological polar surface area (TPSA) is 83.8 Å². The quantitative estimate of drug-likeness (QED) is 0.268. The molecule has 0 saturated heterocycles. The number of carbonyl (C=O) groups excluding carboxylic acids is 1. The summed E-state index contributed by atoms with van der Waals surface area (Å²) in [6, 6.07) is 0. The minimum absolute atomic E-state index is 0.0656. The monoisotopic (exact) mass is 502 g/mol. The number of aliphatic carboxylic acids is 1. The second-order valence-corrected chi connectivity index (χ2v) is 13.7. The third kappa shape index (κ3) is 5.28. The van der Waals surface area contributed by atoms with Crippen molar-refractivity contribution in [1.82, 2.24) is 0 Å². The lowest BCUT2D eigenvalue weighted by molar-refractivity contribution is -0.154. The van der Waals surface area contributed by atoms with Crippen LogP contribution < -0.4 is 0 Å². The molecule has 2 N–H and O–H groups in total. The fraction of sp³-hybridized carbons (Fsp3) is 0.871. The van der Waals surface area contributed by atoms with E-state index in [-0.39, 0.29) is 24.4 Å². The third-order valence-electron chi connectivity index (χ3n) is 11.1. The molecule has 0 heterocycles. The van der Waals surface area contributed by atoms with Crippen molar-refractivity contribution in [1.29, 1.82) is 0 Å². The number of carbonyl (C=O) groups is 2. The normalized spacial score (nSPS) is 40.6. The van der Waals surface area contributed by atoms with Crippen molar-refractivity contribution in [2.24, 2.45) is 46.3 Å². The Morgan fingerprint density at radius 1 is 1.03 bits per heavy atom. The number of esters is 1. The molecule has 0 spiro atoms. The van der Waals surface area contributed by atoms with E-state index in [0.717, 1.165) is 30.6 Å². The van der Waals surface area contributed by atoms with Crippen molar-refractivity contribution in [2.75, 3.05) is 0 Å². The fourth-order valence-corrected chi connectivity index (χ4v) is 9.19. The van der Waals surface area contributed by atoms with E-state index in [9.17, 15) is 14.7 Å². The van der Waals surface area contributed by atoms with Gasteiger partial charge in [-0.25, -0.2) is 0 Å². The maximum atomic E-state index is 12.1. The molecule has 0 radical (unpaired) electrons. The lowest BCUT2D eigenvalue weighted by Gasteiger charge is -2.59. The van der Waals surface area contributed by atoms with Crippen LogP contribution in [-0.4, -0.2) is 34.4 Å². The molecule has 0 aliphatic heterocycles. The van der Waals surface area contributed by atoms with Crippen LogP contribution in [0, 0.1) is 46.3 Å². The summed E-state index contributed by atoms with van der Waals surface area (Å²) < 4.78 is 5.65. The van der Waals surface area contributed by atoms with Gasteiger partial charge in [-0.3, -0.25) is 9.59 Å². The van der Waals surface area contributed by atoms with Crippen LogP contribution >= 0.6 is 0 Å². The summed E-state index contributed by atoms with van der Waals surface area (Å²) in [6.45, 7) is 12.1. The van der Waals surface area contributed by atoms with Crippen molar-refractivity contribution >= 4 is 11.9 Å². The molecule has 0 aromatic rings. The van der Waals surface area contributed by atoms with Crippen LogP contribution in [0.25, 0.3) is 0 Å². The first kappa shape index (κ1) is 27.7. The van der Waals surface area contributed by atoms with E-state index in [0.29, 0.717) is 29.6 Å². The van der Waals surface area contributed by atoms with E-state index in [1.807, 2.05) is 0 Å². The van der Waals surface area contributed by atoms with E-state index in [4.69, 9.17) is 9.84 Å². The van der Waals surface area contributed by atoms with Crippen molar-refractivity contribution in [2.45, 2.75) is 124 Å². The molecule has 4 aliphatic rings. The average molecular weight is 503 g/mol. The number of aliphatic hydroxyl groups is 1. The number of rotatable bonds is 9. The molecule has 204 valence electrons. The molecule has 4 rings (SSSR count). The Hall–Kier alpha value is -1.36. The summed E-state index contributed by atoms with van der Waals surface area (Å²) in [4.78, 5) is 22.9. The second kappa shape index (κ2) is 10.8. The fourth-order valence-electron chi connectivity index (χ4n) is 9.19. The highest BCUT2D eigenvalue weighted by Crippen LogP contribution is 2.67. The molecule has 3 saturated carbocycles. The zero-order valence-corrected chi connectivity index (χ0v) is 23.3. The molecule has 3 fully saturated rings.